The number of hydrogen-bond donors (Lipinski definition) is 2. The number of carbonyl (C=O) groups is 2. The molecule has 0 saturated heterocycles. The van der Waals surface area contributed by atoms with Gasteiger partial charge in [0.1, 0.15) is 6.54 Å². The number of rotatable bonds is 6. The molecule has 0 heterocycles. The highest BCUT2D eigenvalue weighted by Gasteiger charge is 2.21. The van der Waals surface area contributed by atoms with Gasteiger partial charge in [-0.2, -0.15) is 5.26 Å². The lowest BCUT2D eigenvalue weighted by Gasteiger charge is -2.17. The molecule has 2 amide bonds. The van der Waals surface area contributed by atoms with E-state index in [1.807, 2.05) is 48.5 Å². The summed E-state index contributed by atoms with van der Waals surface area (Å²) >= 11 is 0. The van der Waals surface area contributed by atoms with Crippen LogP contribution < -0.4 is 10.6 Å². The van der Waals surface area contributed by atoms with Gasteiger partial charge >= 0.3 is 0 Å². The van der Waals surface area contributed by atoms with E-state index >= 15 is 0 Å². The standard InChI is InChI=1S/C18H17N3O2/c1-2-17(22)21-12-16(18(23)20-10-9-19)15-8-7-13-5-3-4-6-14(13)11-15/h2-8,11,16H,1,10,12H2,(H,20,23)(H,21,22). The fraction of sp³-hybridized carbons (Fsp3) is 0.167. The summed E-state index contributed by atoms with van der Waals surface area (Å²) in [5, 5.41) is 15.9. The van der Waals surface area contributed by atoms with Crippen LogP contribution in [-0.4, -0.2) is 24.9 Å². The lowest BCUT2D eigenvalue weighted by Crippen LogP contribution is -2.37. The zero-order valence-corrected chi connectivity index (χ0v) is 12.6. The van der Waals surface area contributed by atoms with E-state index in [1.54, 1.807) is 0 Å². The van der Waals surface area contributed by atoms with Gasteiger partial charge < -0.3 is 10.6 Å². The molecule has 0 aromatic heterocycles. The van der Waals surface area contributed by atoms with E-state index in [-0.39, 0.29) is 24.9 Å². The zero-order valence-electron chi connectivity index (χ0n) is 12.6. The summed E-state index contributed by atoms with van der Waals surface area (Å²) in [6.07, 6.45) is 1.16. The van der Waals surface area contributed by atoms with E-state index in [2.05, 4.69) is 17.2 Å². The fourth-order valence-electron chi connectivity index (χ4n) is 2.31. The first-order chi connectivity index (χ1) is 11.2. The summed E-state index contributed by atoms with van der Waals surface area (Å²) in [6.45, 7) is 3.46. The van der Waals surface area contributed by atoms with Gasteiger partial charge in [-0.15, -0.1) is 0 Å². The Morgan fingerprint density at radius 3 is 2.61 bits per heavy atom. The minimum Gasteiger partial charge on any atom is -0.351 e. The third-order valence-electron chi connectivity index (χ3n) is 3.50. The number of carbonyl (C=O) groups excluding carboxylic acids is 2. The maximum Gasteiger partial charge on any atom is 0.243 e. The number of benzene rings is 2. The SMILES string of the molecule is C=CC(=O)NCC(C(=O)NCC#N)c1ccc2ccccc2c1. The van der Waals surface area contributed by atoms with E-state index in [0.717, 1.165) is 22.4 Å². The van der Waals surface area contributed by atoms with E-state index in [1.165, 1.54) is 0 Å². The molecular formula is C18H17N3O2. The largest absolute Gasteiger partial charge is 0.351 e. The van der Waals surface area contributed by atoms with Crippen molar-refractivity contribution in [2.24, 2.45) is 0 Å². The first kappa shape index (κ1) is 16.2. The van der Waals surface area contributed by atoms with Crippen LogP contribution in [0.25, 0.3) is 10.8 Å². The maximum absolute atomic E-state index is 12.3. The molecule has 0 aliphatic heterocycles. The van der Waals surface area contributed by atoms with Crippen molar-refractivity contribution in [3.63, 3.8) is 0 Å². The van der Waals surface area contributed by atoms with Crippen LogP contribution in [0.15, 0.2) is 55.1 Å². The van der Waals surface area contributed by atoms with Crippen LogP contribution in [-0.2, 0) is 9.59 Å². The van der Waals surface area contributed by atoms with Crippen molar-refractivity contribution < 1.29 is 9.59 Å². The molecule has 5 heteroatoms. The topological polar surface area (TPSA) is 82.0 Å². The van der Waals surface area contributed by atoms with E-state index in [9.17, 15) is 9.59 Å². The third-order valence-corrected chi connectivity index (χ3v) is 3.50. The molecule has 23 heavy (non-hydrogen) atoms. The molecule has 5 nitrogen and oxygen atoms in total. The highest BCUT2D eigenvalue weighted by Crippen LogP contribution is 2.22. The number of nitrogens with one attached hydrogen (secondary N) is 2. The molecule has 1 atom stereocenters. The van der Waals surface area contributed by atoms with Crippen LogP contribution in [0.2, 0.25) is 0 Å². The van der Waals surface area contributed by atoms with E-state index in [4.69, 9.17) is 5.26 Å². The van der Waals surface area contributed by atoms with E-state index < -0.39 is 5.92 Å². The molecule has 0 radical (unpaired) electrons. The number of nitriles is 1. The minimum atomic E-state index is -0.572. The maximum atomic E-state index is 12.3. The van der Waals surface area contributed by atoms with Crippen molar-refractivity contribution in [1.29, 1.82) is 5.26 Å². The molecular weight excluding hydrogens is 290 g/mol. The molecule has 0 aliphatic carbocycles. The number of hydrogen-bond acceptors (Lipinski definition) is 3. The molecule has 2 aromatic carbocycles. The molecule has 0 saturated carbocycles. The summed E-state index contributed by atoms with van der Waals surface area (Å²) in [6, 6.07) is 15.4. The monoisotopic (exact) mass is 307 g/mol. The Morgan fingerprint density at radius 1 is 1.17 bits per heavy atom. The lowest BCUT2D eigenvalue weighted by atomic mass is 9.95. The van der Waals surface area contributed by atoms with Crippen LogP contribution in [0.5, 0.6) is 0 Å². The van der Waals surface area contributed by atoms with Gasteiger partial charge in [0.2, 0.25) is 11.8 Å². The predicted octanol–water partition coefficient (Wildman–Crippen LogP) is 1.87. The van der Waals surface area contributed by atoms with E-state index in [0.29, 0.717) is 0 Å². The van der Waals surface area contributed by atoms with Crippen molar-refractivity contribution >= 4 is 22.6 Å². The van der Waals surface area contributed by atoms with Gasteiger partial charge in [-0.3, -0.25) is 9.59 Å². The molecule has 0 aliphatic rings. The van der Waals surface area contributed by atoms with Crippen molar-refractivity contribution in [2.75, 3.05) is 13.1 Å². The Kier molecular flexibility index (Phi) is 5.48. The lowest BCUT2D eigenvalue weighted by molar-refractivity contribution is -0.122. The average Bonchev–Trinajstić information content (AvgIpc) is 2.59. The smallest absolute Gasteiger partial charge is 0.243 e. The first-order valence-corrected chi connectivity index (χ1v) is 7.19. The second-order valence-corrected chi connectivity index (χ2v) is 4.98. The number of amides is 2. The molecule has 2 aromatic rings. The van der Waals surface area contributed by atoms with Crippen LogP contribution in [0, 0.1) is 11.3 Å². The van der Waals surface area contributed by atoms with Crippen LogP contribution in [0.4, 0.5) is 0 Å². The average molecular weight is 307 g/mol. The third kappa shape index (κ3) is 4.17. The molecule has 1 unspecified atom stereocenters. The second-order valence-electron chi connectivity index (χ2n) is 4.98. The first-order valence-electron chi connectivity index (χ1n) is 7.19. The van der Waals surface area contributed by atoms with Crippen LogP contribution in [0.3, 0.4) is 0 Å². The summed E-state index contributed by atoms with van der Waals surface area (Å²) in [4.78, 5) is 23.7. The zero-order chi connectivity index (χ0) is 16.7. The Morgan fingerprint density at radius 2 is 1.91 bits per heavy atom. The van der Waals surface area contributed by atoms with Crippen LogP contribution >= 0.6 is 0 Å². The predicted molar refractivity (Wildman–Crippen MR) is 88.5 cm³/mol. The fourth-order valence-corrected chi connectivity index (χ4v) is 2.31. The van der Waals surface area contributed by atoms with Gasteiger partial charge in [-0.1, -0.05) is 49.0 Å². The molecule has 2 rings (SSSR count). The summed E-state index contributed by atoms with van der Waals surface area (Å²) in [5.41, 5.74) is 0.781. The summed E-state index contributed by atoms with van der Waals surface area (Å²) < 4.78 is 0. The van der Waals surface area contributed by atoms with Gasteiger partial charge in [0.25, 0.3) is 0 Å². The quantitative estimate of drug-likeness (QED) is 0.631. The van der Waals surface area contributed by atoms with Gasteiger partial charge in [-0.25, -0.2) is 0 Å². The minimum absolute atomic E-state index is 0.0711. The molecule has 2 N–H and O–H groups in total. The Balaban J connectivity index is 2.29. The second kappa shape index (κ2) is 7.76. The van der Waals surface area contributed by atoms with Crippen molar-refractivity contribution in [2.45, 2.75) is 5.92 Å². The van der Waals surface area contributed by atoms with Gasteiger partial charge in [-0.05, 0) is 22.4 Å². The molecule has 0 spiro atoms. The molecule has 0 fully saturated rings. The molecule has 116 valence electrons. The molecule has 0 bridgehead atoms. The normalized spacial score (nSPS) is 11.3. The van der Waals surface area contributed by atoms with Crippen molar-refractivity contribution in [3.05, 3.63) is 60.7 Å². The van der Waals surface area contributed by atoms with Crippen LogP contribution in [0.1, 0.15) is 11.5 Å². The highest BCUT2D eigenvalue weighted by atomic mass is 16.2. The summed E-state index contributed by atoms with van der Waals surface area (Å²) in [5.74, 6) is -1.22. The highest BCUT2D eigenvalue weighted by molar-refractivity contribution is 5.90. The van der Waals surface area contributed by atoms with Crippen molar-refractivity contribution in [1.82, 2.24) is 10.6 Å². The van der Waals surface area contributed by atoms with Gasteiger partial charge in [0, 0.05) is 6.54 Å². The summed E-state index contributed by atoms with van der Waals surface area (Å²) in [7, 11) is 0. The Bertz CT molecular complexity index is 777. The number of nitrogens with zero attached hydrogens (tertiary/aromatic N) is 1. The number of fused-ring (bicyclic) bond motifs is 1. The van der Waals surface area contributed by atoms with Gasteiger partial charge in [0.05, 0.1) is 12.0 Å². The Hall–Kier alpha value is -3.13. The Labute approximate surface area is 134 Å². The van der Waals surface area contributed by atoms with Crippen molar-refractivity contribution in [3.8, 4) is 6.07 Å². The van der Waals surface area contributed by atoms with Gasteiger partial charge in [0.15, 0.2) is 0 Å².